The van der Waals surface area contributed by atoms with Crippen LogP contribution in [0.4, 0.5) is 0 Å². The maximum absolute atomic E-state index is 4.09. The number of hydrogen-bond acceptors (Lipinski definition) is 4. The Kier molecular flexibility index (Phi) is 3.60. The van der Waals surface area contributed by atoms with Gasteiger partial charge in [0.2, 0.25) is 5.16 Å². The van der Waals surface area contributed by atoms with Crippen molar-refractivity contribution in [2.45, 2.75) is 5.16 Å². The Balaban J connectivity index is 1.86. The lowest BCUT2D eigenvalue weighted by atomic mass is 10.2. The third-order valence-corrected chi connectivity index (χ3v) is 3.67. The van der Waals surface area contributed by atoms with Crippen LogP contribution in [0.3, 0.4) is 0 Å². The quantitative estimate of drug-likeness (QED) is 0.687. The summed E-state index contributed by atoms with van der Waals surface area (Å²) in [4.78, 5) is 0.914. The molecular weight excluding hydrogens is 268 g/mol. The van der Waals surface area contributed by atoms with Crippen molar-refractivity contribution >= 4 is 16.7 Å². The van der Waals surface area contributed by atoms with Gasteiger partial charge in [-0.3, -0.25) is 0 Å². The first-order chi connectivity index (χ1) is 9.84. The summed E-state index contributed by atoms with van der Waals surface area (Å²) in [7, 11) is 0. The second-order valence-electron chi connectivity index (χ2n) is 4.10. The van der Waals surface area contributed by atoms with E-state index in [1.807, 2.05) is 60.7 Å². The molecule has 0 spiro atoms. The van der Waals surface area contributed by atoms with E-state index in [-0.39, 0.29) is 0 Å². The summed E-state index contributed by atoms with van der Waals surface area (Å²) in [6.45, 7) is 4.09. The van der Waals surface area contributed by atoms with Crippen LogP contribution in [-0.2, 0) is 0 Å². The van der Waals surface area contributed by atoms with Crippen molar-refractivity contribution < 1.29 is 0 Å². The van der Waals surface area contributed by atoms with E-state index in [2.05, 4.69) is 22.1 Å². The van der Waals surface area contributed by atoms with E-state index >= 15 is 0 Å². The van der Waals surface area contributed by atoms with Crippen LogP contribution >= 0.6 is 11.8 Å². The average molecular weight is 280 g/mol. The second kappa shape index (κ2) is 5.71. The first-order valence-electron chi connectivity index (χ1n) is 6.10. The Morgan fingerprint density at radius 3 is 2.30 bits per heavy atom. The van der Waals surface area contributed by atoms with Gasteiger partial charge in [-0.15, -0.1) is 5.10 Å². The van der Waals surface area contributed by atoms with Crippen molar-refractivity contribution in [3.8, 4) is 5.69 Å². The minimum Gasteiger partial charge on any atom is -0.187 e. The van der Waals surface area contributed by atoms with E-state index in [0.717, 1.165) is 16.2 Å². The van der Waals surface area contributed by atoms with Gasteiger partial charge in [-0.2, -0.15) is 4.68 Å². The summed E-state index contributed by atoms with van der Waals surface area (Å²) < 4.78 is 1.71. The molecule has 1 aromatic heterocycles. The van der Waals surface area contributed by atoms with Gasteiger partial charge in [0.15, 0.2) is 0 Å². The lowest BCUT2D eigenvalue weighted by molar-refractivity contribution is 0.757. The number of aromatic nitrogens is 4. The van der Waals surface area contributed by atoms with Crippen LogP contribution in [0, 0.1) is 0 Å². The molecule has 20 heavy (non-hydrogen) atoms. The third-order valence-electron chi connectivity index (χ3n) is 2.75. The molecule has 0 aliphatic heterocycles. The molecule has 3 rings (SSSR count). The smallest absolute Gasteiger partial charge is 0.187 e. The predicted molar refractivity (Wildman–Crippen MR) is 80.5 cm³/mol. The fraction of sp³-hybridized carbons (Fsp3) is 0. The molecular formula is C15H12N4S. The standard InChI is InChI=1S/C15H12N4S/c1-12(13-8-4-2-5-9-13)20-15-16-17-18-19(15)14-10-6-3-7-11-14/h2-11H,1H2. The minimum atomic E-state index is 0.699. The Hall–Kier alpha value is -2.40. The molecule has 0 atom stereocenters. The highest BCUT2D eigenvalue weighted by Crippen LogP contribution is 2.31. The Bertz CT molecular complexity index is 707. The highest BCUT2D eigenvalue weighted by Gasteiger charge is 2.11. The molecule has 0 amide bonds. The topological polar surface area (TPSA) is 43.6 Å². The van der Waals surface area contributed by atoms with Gasteiger partial charge in [0.25, 0.3) is 0 Å². The molecule has 98 valence electrons. The van der Waals surface area contributed by atoms with Crippen LogP contribution in [0.2, 0.25) is 0 Å². The fourth-order valence-corrected chi connectivity index (χ4v) is 2.55. The molecule has 0 fully saturated rings. The molecule has 0 bridgehead atoms. The van der Waals surface area contributed by atoms with Crippen LogP contribution in [0.1, 0.15) is 5.56 Å². The van der Waals surface area contributed by atoms with E-state index in [4.69, 9.17) is 0 Å². The van der Waals surface area contributed by atoms with Crippen molar-refractivity contribution in [3.63, 3.8) is 0 Å². The summed E-state index contributed by atoms with van der Waals surface area (Å²) >= 11 is 1.46. The summed E-state index contributed by atoms with van der Waals surface area (Å²) in [6.07, 6.45) is 0. The maximum Gasteiger partial charge on any atom is 0.218 e. The van der Waals surface area contributed by atoms with Crippen molar-refractivity contribution in [1.29, 1.82) is 0 Å². The number of nitrogens with zero attached hydrogens (tertiary/aromatic N) is 4. The number of hydrogen-bond donors (Lipinski definition) is 0. The van der Waals surface area contributed by atoms with Gasteiger partial charge >= 0.3 is 0 Å². The first kappa shape index (κ1) is 12.6. The van der Waals surface area contributed by atoms with Gasteiger partial charge in [-0.1, -0.05) is 55.1 Å². The van der Waals surface area contributed by atoms with Crippen molar-refractivity contribution in [1.82, 2.24) is 20.2 Å². The summed E-state index contributed by atoms with van der Waals surface area (Å²) in [6, 6.07) is 19.8. The van der Waals surface area contributed by atoms with E-state index < -0.39 is 0 Å². The molecule has 0 unspecified atom stereocenters. The Morgan fingerprint density at radius 2 is 1.60 bits per heavy atom. The highest BCUT2D eigenvalue weighted by molar-refractivity contribution is 8.08. The van der Waals surface area contributed by atoms with Gasteiger partial charge in [0.05, 0.1) is 5.69 Å². The Labute approximate surface area is 121 Å². The molecule has 0 aliphatic carbocycles. The van der Waals surface area contributed by atoms with Gasteiger partial charge in [0, 0.05) is 4.91 Å². The molecule has 1 heterocycles. The SMILES string of the molecule is C=C(Sc1nnnn1-c1ccccc1)c1ccccc1. The van der Waals surface area contributed by atoms with Crippen molar-refractivity contribution in [2.24, 2.45) is 0 Å². The average Bonchev–Trinajstić information content (AvgIpc) is 2.97. The van der Waals surface area contributed by atoms with E-state index in [1.165, 1.54) is 11.8 Å². The molecule has 0 saturated carbocycles. The van der Waals surface area contributed by atoms with Gasteiger partial charge < -0.3 is 0 Å². The number of rotatable bonds is 4. The van der Waals surface area contributed by atoms with Gasteiger partial charge in [0.1, 0.15) is 0 Å². The van der Waals surface area contributed by atoms with Crippen LogP contribution < -0.4 is 0 Å². The molecule has 0 saturated heterocycles. The monoisotopic (exact) mass is 280 g/mol. The minimum absolute atomic E-state index is 0.699. The van der Waals surface area contributed by atoms with Gasteiger partial charge in [-0.05, 0) is 39.9 Å². The molecule has 0 N–H and O–H groups in total. The van der Waals surface area contributed by atoms with Gasteiger partial charge in [-0.25, -0.2) is 0 Å². The van der Waals surface area contributed by atoms with Crippen LogP contribution in [0.5, 0.6) is 0 Å². The Morgan fingerprint density at radius 1 is 0.950 bits per heavy atom. The number of para-hydroxylation sites is 1. The summed E-state index contributed by atoms with van der Waals surface area (Å²) in [5.41, 5.74) is 2.00. The second-order valence-corrected chi connectivity index (χ2v) is 5.16. The molecule has 2 aromatic carbocycles. The van der Waals surface area contributed by atoms with Crippen molar-refractivity contribution in [3.05, 3.63) is 72.8 Å². The third kappa shape index (κ3) is 2.62. The summed E-state index contributed by atoms with van der Waals surface area (Å²) in [5.74, 6) is 0. The number of tetrazole rings is 1. The zero-order valence-corrected chi connectivity index (χ0v) is 11.5. The van der Waals surface area contributed by atoms with E-state index in [1.54, 1.807) is 4.68 Å². The zero-order chi connectivity index (χ0) is 13.8. The predicted octanol–water partition coefficient (Wildman–Crippen LogP) is 3.43. The van der Waals surface area contributed by atoms with Crippen LogP contribution in [0.15, 0.2) is 72.4 Å². The number of thioether (sulfide) groups is 1. The normalized spacial score (nSPS) is 10.4. The summed E-state index contributed by atoms with van der Waals surface area (Å²) in [5, 5.41) is 12.5. The molecule has 0 radical (unpaired) electrons. The van der Waals surface area contributed by atoms with Crippen LogP contribution in [0.25, 0.3) is 10.6 Å². The molecule has 3 aromatic rings. The largest absolute Gasteiger partial charge is 0.218 e. The van der Waals surface area contributed by atoms with Crippen molar-refractivity contribution in [2.75, 3.05) is 0 Å². The highest BCUT2D eigenvalue weighted by atomic mass is 32.2. The number of benzene rings is 2. The zero-order valence-electron chi connectivity index (χ0n) is 10.7. The lowest BCUT2D eigenvalue weighted by Gasteiger charge is -2.06. The van der Waals surface area contributed by atoms with E-state index in [9.17, 15) is 0 Å². The fourth-order valence-electron chi connectivity index (χ4n) is 1.77. The maximum atomic E-state index is 4.09. The first-order valence-corrected chi connectivity index (χ1v) is 6.92. The molecule has 5 heteroatoms. The molecule has 0 aliphatic rings. The van der Waals surface area contributed by atoms with E-state index in [0.29, 0.717) is 5.16 Å². The lowest BCUT2D eigenvalue weighted by Crippen LogP contribution is -1.98. The molecule has 4 nitrogen and oxygen atoms in total. The van der Waals surface area contributed by atoms with Crippen LogP contribution in [-0.4, -0.2) is 20.2 Å².